The number of para-hydroxylation sites is 1. The highest BCUT2D eigenvalue weighted by atomic mass is 14.9. The highest BCUT2D eigenvalue weighted by molar-refractivity contribution is 6.09. The lowest BCUT2D eigenvalue weighted by molar-refractivity contribution is 0.821. The Balaban J connectivity index is 0.0000000993. The van der Waals surface area contributed by atoms with Crippen LogP contribution in [0, 0.1) is 39.5 Å². The predicted octanol–water partition coefficient (Wildman–Crippen LogP) is 28.1. The highest BCUT2D eigenvalue weighted by Crippen LogP contribution is 2.49. The van der Waals surface area contributed by atoms with E-state index in [1.807, 2.05) is 37.3 Å². The van der Waals surface area contributed by atoms with Gasteiger partial charge in [-0.25, -0.2) is 9.97 Å². The molecular weight excluding hydrogens is 1300 g/mol. The summed E-state index contributed by atoms with van der Waals surface area (Å²) >= 11 is 0. The molecule has 0 saturated carbocycles. The quantitative estimate of drug-likeness (QED) is 0.161. The van der Waals surface area contributed by atoms with Gasteiger partial charge in [0.25, 0.3) is 0 Å². The van der Waals surface area contributed by atoms with Crippen molar-refractivity contribution >= 4 is 43.2 Å². The van der Waals surface area contributed by atoms with Crippen LogP contribution in [-0.4, -0.2) is 9.97 Å². The van der Waals surface area contributed by atoms with Gasteiger partial charge in [-0.1, -0.05) is 387 Å². The Morgan fingerprint density at radius 3 is 1.41 bits per heavy atom. The van der Waals surface area contributed by atoms with Gasteiger partial charge in [-0.2, -0.15) is 0 Å². The van der Waals surface area contributed by atoms with E-state index in [0.717, 1.165) is 40.8 Å². The van der Waals surface area contributed by atoms with E-state index in [4.69, 9.17) is 0 Å². The average Bonchev–Trinajstić information content (AvgIpc) is 0.731. The van der Waals surface area contributed by atoms with Crippen LogP contribution in [0.25, 0.3) is 99.0 Å². The lowest BCUT2D eigenvalue weighted by Gasteiger charge is -2.36. The van der Waals surface area contributed by atoms with E-state index < -0.39 is 0 Å². The van der Waals surface area contributed by atoms with E-state index in [1.165, 1.54) is 149 Å². The van der Waals surface area contributed by atoms with Crippen LogP contribution in [0.5, 0.6) is 0 Å². The molecule has 21 rings (SSSR count). The van der Waals surface area contributed by atoms with Crippen LogP contribution in [0.4, 0.5) is 0 Å². The molecular formula is C106H86N2. The molecule has 2 atom stereocenters. The van der Waals surface area contributed by atoms with Crippen LogP contribution in [-0.2, 0) is 0 Å². The Morgan fingerprint density at radius 1 is 0.306 bits per heavy atom. The molecule has 0 spiro atoms. The van der Waals surface area contributed by atoms with Crippen LogP contribution in [0.15, 0.2) is 443 Å². The molecule has 8 aliphatic carbocycles. The standard InChI is InChI=1S/C21H16N2.C19H16.3C17H14.C15H12/c1-15-22-20-10-6-5-9-19(20)21(23-15)18-13-11-17(12-14-18)16-7-3-2-4-8-16;1-15-7-9-17(10-8-15)19-13-11-18(12-14-19)16-5-3-2-4-6-16;1-11-9-14-7-5-12-3-2-4-13-6-8-15(10-11)17(14)16(12)13;1-11-5-6-14-8-7-12-3-2-4-13-9-10-15(11)17(14)16(12)13;1-13-9-11-15(12-10-13)17-8-4-6-14-5-2-3-7-16(14)17;1-11-10-12-6-2-3-8-14(12)15-9-5-4-7-13(11)15/h2-14H,1H3;2-14H,1H3;2-3,5-10,17H,4H2,1H3;2,4-10,17H,3H2,1H3;2-12H,1H3;2-10H,1H3. The summed E-state index contributed by atoms with van der Waals surface area (Å²) < 4.78 is 0. The Morgan fingerprint density at radius 2 is 0.778 bits per heavy atom. The Hall–Kier alpha value is -12.9. The van der Waals surface area contributed by atoms with Crippen LogP contribution in [0.2, 0.25) is 0 Å². The molecule has 1 heterocycles. The molecule has 2 nitrogen and oxygen atoms in total. The van der Waals surface area contributed by atoms with Crippen molar-refractivity contribution in [3.05, 3.63) is 466 Å². The first-order valence-corrected chi connectivity index (χ1v) is 37.8. The first-order chi connectivity index (χ1) is 53.0. The second-order valence-corrected chi connectivity index (χ2v) is 28.9. The number of rotatable bonds is 5. The average molecular weight is 1390 g/mol. The molecule has 0 radical (unpaired) electrons. The maximum absolute atomic E-state index is 4.66. The fourth-order valence-electron chi connectivity index (χ4n) is 16.1. The molecule has 0 bridgehead atoms. The molecule has 0 N–H and O–H groups in total. The number of hydrogen-bond acceptors (Lipinski definition) is 2. The molecule has 0 fully saturated rings. The van der Waals surface area contributed by atoms with Crippen molar-refractivity contribution in [1.29, 1.82) is 0 Å². The van der Waals surface area contributed by atoms with E-state index in [2.05, 4.69) is 391 Å². The van der Waals surface area contributed by atoms with Crippen LogP contribution >= 0.6 is 0 Å². The number of benzene rings is 12. The van der Waals surface area contributed by atoms with E-state index in [9.17, 15) is 0 Å². The van der Waals surface area contributed by atoms with Crippen molar-refractivity contribution in [3.8, 4) is 55.8 Å². The molecule has 520 valence electrons. The molecule has 2 unspecified atom stereocenters. The summed E-state index contributed by atoms with van der Waals surface area (Å²) in [7, 11) is 0. The van der Waals surface area contributed by atoms with Crippen LogP contribution in [0.1, 0.15) is 49.2 Å². The zero-order valence-electron chi connectivity index (χ0n) is 62.3. The number of aromatic nitrogens is 2. The monoisotopic (exact) mass is 1390 g/mol. The van der Waals surface area contributed by atoms with Gasteiger partial charge in [0, 0.05) is 22.8 Å². The number of allylic oxidation sites excluding steroid dienone is 28. The van der Waals surface area contributed by atoms with Crippen LogP contribution in [0.3, 0.4) is 0 Å². The summed E-state index contributed by atoms with van der Waals surface area (Å²) in [5.41, 5.74) is 34.6. The molecule has 0 amide bonds. The van der Waals surface area contributed by atoms with Crippen molar-refractivity contribution in [2.45, 2.75) is 54.4 Å². The van der Waals surface area contributed by atoms with Gasteiger partial charge < -0.3 is 0 Å². The zero-order valence-corrected chi connectivity index (χ0v) is 62.3. The third-order valence-electron chi connectivity index (χ3n) is 21.6. The predicted molar refractivity (Wildman–Crippen MR) is 460 cm³/mol. The maximum Gasteiger partial charge on any atom is 0.126 e. The van der Waals surface area contributed by atoms with Gasteiger partial charge in [-0.05, 0) is 204 Å². The topological polar surface area (TPSA) is 25.8 Å². The molecule has 0 saturated heterocycles. The van der Waals surface area contributed by atoms with E-state index >= 15 is 0 Å². The molecule has 108 heavy (non-hydrogen) atoms. The van der Waals surface area contributed by atoms with Gasteiger partial charge in [0.15, 0.2) is 0 Å². The summed E-state index contributed by atoms with van der Waals surface area (Å²) in [6.07, 6.45) is 38.7. The lowest BCUT2D eigenvalue weighted by atomic mass is 9.68. The summed E-state index contributed by atoms with van der Waals surface area (Å²) in [6, 6.07) is 98.1. The van der Waals surface area contributed by atoms with Crippen molar-refractivity contribution in [2.24, 2.45) is 11.8 Å². The van der Waals surface area contributed by atoms with Crippen molar-refractivity contribution < 1.29 is 0 Å². The minimum atomic E-state index is 0.503. The molecule has 12 aromatic carbocycles. The Kier molecular flexibility index (Phi) is 20.2. The maximum atomic E-state index is 4.66. The summed E-state index contributed by atoms with van der Waals surface area (Å²) in [5.74, 6) is 1.81. The second-order valence-electron chi connectivity index (χ2n) is 28.9. The van der Waals surface area contributed by atoms with Gasteiger partial charge >= 0.3 is 0 Å². The number of aryl methyl sites for hydroxylation is 4. The summed E-state index contributed by atoms with van der Waals surface area (Å²) in [5, 5.41) is 9.09. The largest absolute Gasteiger partial charge is 0.233 e. The summed E-state index contributed by atoms with van der Waals surface area (Å²) in [6.45, 7) is 12.7. The second kappa shape index (κ2) is 31.4. The summed E-state index contributed by atoms with van der Waals surface area (Å²) in [4.78, 5) is 9.18. The SMILES string of the molecule is CC1=C2C=CC3=C4C(=CC=C(C=C1)C24)CC=C3.CC1=CC2=CC=C3CC=CC4=C3C2C(=C1)C=C4.Cc1cc2ccccc2c2ccccc12.Cc1ccc(-c2ccc(-c3ccccc3)cc2)cc1.Cc1ccc(-c2cccc3ccccc23)cc1.Cc1nc(-c2ccc(-c3ccccc3)cc2)c2ccccc2n1. The van der Waals surface area contributed by atoms with Crippen molar-refractivity contribution in [1.82, 2.24) is 9.97 Å². The van der Waals surface area contributed by atoms with E-state index in [-0.39, 0.29) is 0 Å². The van der Waals surface area contributed by atoms with E-state index in [1.54, 1.807) is 11.1 Å². The molecule has 0 aliphatic heterocycles. The van der Waals surface area contributed by atoms with Gasteiger partial charge in [-0.3, -0.25) is 0 Å². The van der Waals surface area contributed by atoms with Gasteiger partial charge in [0.1, 0.15) is 5.82 Å². The third-order valence-corrected chi connectivity index (χ3v) is 21.6. The first-order valence-electron chi connectivity index (χ1n) is 37.8. The zero-order chi connectivity index (χ0) is 73.5. The highest BCUT2D eigenvalue weighted by Gasteiger charge is 2.34. The molecule has 1 aromatic heterocycles. The fraction of sp³-hybridized carbons (Fsp3) is 0.0943. The Labute approximate surface area is 636 Å². The minimum absolute atomic E-state index is 0.503. The number of hydrogen-bond donors (Lipinski definition) is 0. The first kappa shape index (κ1) is 69.5. The lowest BCUT2D eigenvalue weighted by Crippen LogP contribution is -2.21. The smallest absolute Gasteiger partial charge is 0.126 e. The number of nitrogens with zero attached hydrogens (tertiary/aromatic N) is 2. The van der Waals surface area contributed by atoms with Crippen molar-refractivity contribution in [3.63, 3.8) is 0 Å². The number of fused-ring (bicyclic) bond motifs is 5. The van der Waals surface area contributed by atoms with E-state index in [0.29, 0.717) is 11.8 Å². The third kappa shape index (κ3) is 14.9. The van der Waals surface area contributed by atoms with Crippen LogP contribution < -0.4 is 0 Å². The van der Waals surface area contributed by atoms with Gasteiger partial charge in [0.05, 0.1) is 11.2 Å². The Bertz CT molecular complexity index is 6080. The molecule has 13 aromatic rings. The van der Waals surface area contributed by atoms with Gasteiger partial charge in [0.2, 0.25) is 0 Å². The molecule has 2 heteroatoms. The normalized spacial score (nSPS) is 16.2. The fourth-order valence-corrected chi connectivity index (χ4v) is 16.1. The minimum Gasteiger partial charge on any atom is -0.233 e. The molecule has 8 aliphatic rings. The van der Waals surface area contributed by atoms with Gasteiger partial charge in [-0.15, -0.1) is 0 Å². The van der Waals surface area contributed by atoms with Crippen molar-refractivity contribution in [2.75, 3.05) is 0 Å².